The van der Waals surface area contributed by atoms with Crippen molar-refractivity contribution in [1.29, 1.82) is 0 Å². The van der Waals surface area contributed by atoms with Gasteiger partial charge in [-0.25, -0.2) is 4.79 Å². The van der Waals surface area contributed by atoms with E-state index in [-0.39, 0.29) is 18.0 Å². The number of aryl methyl sites for hydroxylation is 1. The monoisotopic (exact) mass is 353 g/mol. The molecule has 0 saturated carbocycles. The van der Waals surface area contributed by atoms with Crippen LogP contribution < -0.4 is 20.3 Å². The van der Waals surface area contributed by atoms with Crippen molar-refractivity contribution >= 4 is 17.6 Å². The van der Waals surface area contributed by atoms with Crippen molar-refractivity contribution in [3.05, 3.63) is 60.2 Å². The molecule has 0 radical (unpaired) electrons. The summed E-state index contributed by atoms with van der Waals surface area (Å²) in [6.07, 6.45) is 0.308. The van der Waals surface area contributed by atoms with Gasteiger partial charge in [0.05, 0.1) is 12.6 Å². The first-order chi connectivity index (χ1) is 12.6. The van der Waals surface area contributed by atoms with Gasteiger partial charge in [-0.05, 0) is 31.2 Å². The van der Waals surface area contributed by atoms with Gasteiger partial charge in [-0.3, -0.25) is 4.79 Å². The summed E-state index contributed by atoms with van der Waals surface area (Å²) in [5, 5.41) is 5.60. The fourth-order valence-electron chi connectivity index (χ4n) is 2.87. The summed E-state index contributed by atoms with van der Waals surface area (Å²) >= 11 is 0. The first kappa shape index (κ1) is 17.8. The Hall–Kier alpha value is -3.02. The van der Waals surface area contributed by atoms with E-state index in [1.54, 1.807) is 4.90 Å². The minimum Gasteiger partial charge on any atom is -0.492 e. The van der Waals surface area contributed by atoms with E-state index >= 15 is 0 Å². The number of ether oxygens (including phenoxy) is 1. The number of anilines is 1. The number of carbonyl (C=O) groups is 2. The molecule has 26 heavy (non-hydrogen) atoms. The number of rotatable bonds is 6. The Kier molecular flexibility index (Phi) is 5.73. The molecule has 2 aromatic carbocycles. The molecule has 3 rings (SSSR count). The van der Waals surface area contributed by atoms with E-state index in [4.69, 9.17) is 4.74 Å². The van der Waals surface area contributed by atoms with Crippen molar-refractivity contribution < 1.29 is 14.3 Å². The molecule has 0 aromatic heterocycles. The number of para-hydroxylation sites is 1. The summed E-state index contributed by atoms with van der Waals surface area (Å²) in [6, 6.07) is 16.8. The number of benzene rings is 2. The van der Waals surface area contributed by atoms with Gasteiger partial charge in [0.2, 0.25) is 5.91 Å². The molecule has 1 fully saturated rings. The maximum Gasteiger partial charge on any atom is 0.315 e. The van der Waals surface area contributed by atoms with Crippen molar-refractivity contribution in [2.75, 3.05) is 24.6 Å². The highest BCUT2D eigenvalue weighted by molar-refractivity contribution is 5.96. The van der Waals surface area contributed by atoms with E-state index in [9.17, 15) is 9.59 Å². The number of urea groups is 1. The zero-order chi connectivity index (χ0) is 18.4. The van der Waals surface area contributed by atoms with Gasteiger partial charge in [-0.1, -0.05) is 35.9 Å². The first-order valence-corrected chi connectivity index (χ1v) is 8.71. The maximum absolute atomic E-state index is 12.1. The van der Waals surface area contributed by atoms with E-state index < -0.39 is 0 Å². The molecule has 1 unspecified atom stereocenters. The molecule has 0 aliphatic carbocycles. The predicted octanol–water partition coefficient (Wildman–Crippen LogP) is 2.48. The van der Waals surface area contributed by atoms with Crippen molar-refractivity contribution in [2.45, 2.75) is 19.4 Å². The topological polar surface area (TPSA) is 70.7 Å². The van der Waals surface area contributed by atoms with Gasteiger partial charge in [0.1, 0.15) is 12.4 Å². The van der Waals surface area contributed by atoms with Gasteiger partial charge in [-0.2, -0.15) is 0 Å². The highest BCUT2D eigenvalue weighted by Gasteiger charge is 2.31. The smallest absolute Gasteiger partial charge is 0.315 e. The first-order valence-electron chi connectivity index (χ1n) is 8.71. The summed E-state index contributed by atoms with van der Waals surface area (Å²) in [4.78, 5) is 25.8. The van der Waals surface area contributed by atoms with Crippen LogP contribution in [-0.4, -0.2) is 37.7 Å². The van der Waals surface area contributed by atoms with Crippen molar-refractivity contribution in [3.63, 3.8) is 0 Å². The molecule has 0 bridgehead atoms. The van der Waals surface area contributed by atoms with Crippen LogP contribution in [0, 0.1) is 6.92 Å². The summed E-state index contributed by atoms with van der Waals surface area (Å²) < 4.78 is 5.57. The second-order valence-electron chi connectivity index (χ2n) is 6.30. The maximum atomic E-state index is 12.1. The highest BCUT2D eigenvalue weighted by atomic mass is 16.5. The van der Waals surface area contributed by atoms with Crippen molar-refractivity contribution in [1.82, 2.24) is 10.6 Å². The Morgan fingerprint density at radius 2 is 1.88 bits per heavy atom. The average Bonchev–Trinajstić information content (AvgIpc) is 3.01. The van der Waals surface area contributed by atoms with Gasteiger partial charge in [-0.15, -0.1) is 0 Å². The Labute approximate surface area is 153 Å². The zero-order valence-electron chi connectivity index (χ0n) is 14.8. The van der Waals surface area contributed by atoms with Crippen LogP contribution >= 0.6 is 0 Å². The third kappa shape index (κ3) is 4.75. The molecule has 2 N–H and O–H groups in total. The number of amides is 3. The Bertz CT molecular complexity index is 747. The standard InChI is InChI=1S/C20H23N3O3/c1-15-7-9-18(10-8-15)26-12-11-21-20(25)22-16-13-19(24)23(14-16)17-5-3-2-4-6-17/h2-10,16H,11-14H2,1H3,(H2,21,22,25). The number of hydrogen-bond donors (Lipinski definition) is 2. The molecule has 136 valence electrons. The van der Waals surface area contributed by atoms with E-state index in [0.29, 0.717) is 26.1 Å². The molecule has 1 atom stereocenters. The third-order valence-electron chi connectivity index (χ3n) is 4.21. The van der Waals surface area contributed by atoms with Crippen molar-refractivity contribution in [2.24, 2.45) is 0 Å². The van der Waals surface area contributed by atoms with Crippen LogP contribution in [0.3, 0.4) is 0 Å². The van der Waals surface area contributed by atoms with Crippen LogP contribution in [0.5, 0.6) is 5.75 Å². The summed E-state index contributed by atoms with van der Waals surface area (Å²) in [6.45, 7) is 3.28. The molecule has 1 heterocycles. The number of hydrogen-bond acceptors (Lipinski definition) is 3. The van der Waals surface area contributed by atoms with Gasteiger partial charge in [0.15, 0.2) is 0 Å². The van der Waals surface area contributed by atoms with E-state index in [0.717, 1.165) is 11.4 Å². The second-order valence-corrected chi connectivity index (χ2v) is 6.30. The SMILES string of the molecule is Cc1ccc(OCCNC(=O)NC2CC(=O)N(c3ccccc3)C2)cc1. The van der Waals surface area contributed by atoms with Gasteiger partial charge in [0.25, 0.3) is 0 Å². The molecule has 3 amide bonds. The van der Waals surface area contributed by atoms with Crippen LogP contribution in [0.25, 0.3) is 0 Å². The predicted molar refractivity (Wildman–Crippen MR) is 100 cm³/mol. The lowest BCUT2D eigenvalue weighted by molar-refractivity contribution is -0.117. The normalized spacial score (nSPS) is 16.4. The number of carbonyl (C=O) groups excluding carboxylic acids is 2. The lowest BCUT2D eigenvalue weighted by Gasteiger charge is -2.17. The van der Waals surface area contributed by atoms with Gasteiger partial charge < -0.3 is 20.3 Å². The lowest BCUT2D eigenvalue weighted by Crippen LogP contribution is -2.44. The molecule has 6 nitrogen and oxygen atoms in total. The molecular formula is C20H23N3O3. The molecule has 2 aromatic rings. The highest BCUT2D eigenvalue weighted by Crippen LogP contribution is 2.20. The lowest BCUT2D eigenvalue weighted by atomic mass is 10.2. The minimum atomic E-state index is -0.287. The van der Waals surface area contributed by atoms with Crippen molar-refractivity contribution in [3.8, 4) is 5.75 Å². The Morgan fingerprint density at radius 3 is 2.62 bits per heavy atom. The fraction of sp³-hybridized carbons (Fsp3) is 0.300. The zero-order valence-corrected chi connectivity index (χ0v) is 14.8. The largest absolute Gasteiger partial charge is 0.492 e. The third-order valence-corrected chi connectivity index (χ3v) is 4.21. The van der Waals surface area contributed by atoms with Crippen LogP contribution in [0.4, 0.5) is 10.5 Å². The van der Waals surface area contributed by atoms with Gasteiger partial charge in [0, 0.05) is 18.7 Å². The van der Waals surface area contributed by atoms with E-state index in [1.807, 2.05) is 61.5 Å². The Balaban J connectivity index is 1.38. The minimum absolute atomic E-state index is 0.0178. The van der Waals surface area contributed by atoms with E-state index in [1.165, 1.54) is 5.56 Å². The summed E-state index contributed by atoms with van der Waals surface area (Å²) in [7, 11) is 0. The molecule has 6 heteroatoms. The summed E-state index contributed by atoms with van der Waals surface area (Å²) in [5.41, 5.74) is 2.03. The van der Waals surface area contributed by atoms with Crippen LogP contribution in [0.1, 0.15) is 12.0 Å². The van der Waals surface area contributed by atoms with Crippen LogP contribution in [0.2, 0.25) is 0 Å². The fourth-order valence-corrected chi connectivity index (χ4v) is 2.87. The second kappa shape index (κ2) is 8.38. The summed E-state index contributed by atoms with van der Waals surface area (Å²) in [5.74, 6) is 0.793. The molecule has 1 saturated heterocycles. The Morgan fingerprint density at radius 1 is 1.15 bits per heavy atom. The quantitative estimate of drug-likeness (QED) is 0.784. The van der Waals surface area contributed by atoms with Gasteiger partial charge >= 0.3 is 6.03 Å². The number of nitrogens with zero attached hydrogens (tertiary/aromatic N) is 1. The molecule has 1 aliphatic rings. The molecule has 0 spiro atoms. The molecule has 1 aliphatic heterocycles. The van der Waals surface area contributed by atoms with Crippen LogP contribution in [-0.2, 0) is 4.79 Å². The number of nitrogens with one attached hydrogen (secondary N) is 2. The average molecular weight is 353 g/mol. The molecular weight excluding hydrogens is 330 g/mol. The van der Waals surface area contributed by atoms with Crippen LogP contribution in [0.15, 0.2) is 54.6 Å². The van der Waals surface area contributed by atoms with E-state index in [2.05, 4.69) is 10.6 Å².